The van der Waals surface area contributed by atoms with Gasteiger partial charge in [0.1, 0.15) is 6.61 Å². The molecule has 0 amide bonds. The van der Waals surface area contributed by atoms with Gasteiger partial charge in [0.25, 0.3) is 0 Å². The van der Waals surface area contributed by atoms with Crippen LogP contribution in [0.25, 0.3) is 0 Å². The molecule has 0 rings (SSSR count). The third-order valence-electron chi connectivity index (χ3n) is 8.57. The Hall–Kier alpha value is -1.21. The van der Waals surface area contributed by atoms with Crippen LogP contribution in [0.4, 0.5) is 0 Å². The Labute approximate surface area is 295 Å². The zero-order valence-electron chi connectivity index (χ0n) is 31.4. The van der Waals surface area contributed by atoms with Crippen molar-refractivity contribution >= 4 is 19.8 Å². The molecule has 1 N–H and O–H groups in total. The van der Waals surface area contributed by atoms with Crippen molar-refractivity contribution in [2.45, 2.75) is 207 Å². The zero-order valence-corrected chi connectivity index (χ0v) is 32.3. The molecule has 0 saturated carbocycles. The molecule has 0 aromatic rings. The zero-order chi connectivity index (χ0) is 35.4. The van der Waals surface area contributed by atoms with Crippen molar-refractivity contribution in [2.24, 2.45) is 0 Å². The molecule has 0 saturated heterocycles. The lowest BCUT2D eigenvalue weighted by molar-refractivity contribution is -0.161. The van der Waals surface area contributed by atoms with Crippen LogP contribution in [0.15, 0.2) is 12.2 Å². The average Bonchev–Trinajstić information content (AvgIpc) is 3.06. The van der Waals surface area contributed by atoms with Gasteiger partial charge in [-0.15, -0.1) is 0 Å². The molecular weight excluding hydrogens is 627 g/mol. The number of esters is 2. The lowest BCUT2D eigenvalue weighted by Gasteiger charge is -2.19. The minimum atomic E-state index is -4.27. The first-order valence-corrected chi connectivity index (χ1v) is 21.5. The molecule has 284 valence electrons. The van der Waals surface area contributed by atoms with Gasteiger partial charge in [-0.05, 0) is 45.4 Å². The Kier molecular flexibility index (Phi) is 34.7. The van der Waals surface area contributed by atoms with E-state index in [1.165, 1.54) is 122 Å². The Morgan fingerprint density at radius 2 is 0.938 bits per heavy atom. The molecule has 0 aliphatic rings. The molecule has 0 bridgehead atoms. The molecule has 0 aliphatic heterocycles. The third kappa shape index (κ3) is 34.6. The standard InChI is InChI=1S/C39H75O8P/c1-4-7-9-11-13-15-17-19-20-22-24-26-28-30-32-34-39(41)47-37(36-46-48(42,43)45-6-3)35-44-38(40)33-31-29-27-25-23-21-18-16-14-12-10-8-5-2/h13,15,37H,4-12,14,16-36H2,1-3H3,(H,42,43)/b15-13-. The van der Waals surface area contributed by atoms with E-state index < -0.39 is 19.9 Å². The Bertz CT molecular complexity index is 803. The maximum absolute atomic E-state index is 12.5. The van der Waals surface area contributed by atoms with Crippen molar-refractivity contribution in [1.82, 2.24) is 0 Å². The van der Waals surface area contributed by atoms with E-state index >= 15 is 0 Å². The van der Waals surface area contributed by atoms with E-state index in [1.54, 1.807) is 6.92 Å². The summed E-state index contributed by atoms with van der Waals surface area (Å²) in [6.07, 6.45) is 35.4. The van der Waals surface area contributed by atoms with E-state index in [-0.39, 0.29) is 32.2 Å². The summed E-state index contributed by atoms with van der Waals surface area (Å²) in [5.41, 5.74) is 0. The normalized spacial score (nSPS) is 13.5. The number of phosphoric acid groups is 1. The second kappa shape index (κ2) is 35.6. The van der Waals surface area contributed by atoms with Crippen molar-refractivity contribution in [3.05, 3.63) is 12.2 Å². The minimum Gasteiger partial charge on any atom is -0.462 e. The predicted molar refractivity (Wildman–Crippen MR) is 198 cm³/mol. The highest BCUT2D eigenvalue weighted by atomic mass is 31.2. The van der Waals surface area contributed by atoms with E-state index in [0.717, 1.165) is 38.5 Å². The van der Waals surface area contributed by atoms with E-state index in [0.29, 0.717) is 12.8 Å². The number of unbranched alkanes of at least 4 members (excludes halogenated alkanes) is 23. The second-order valence-electron chi connectivity index (χ2n) is 13.3. The summed E-state index contributed by atoms with van der Waals surface area (Å²) in [6, 6.07) is 0. The van der Waals surface area contributed by atoms with Crippen LogP contribution in [0.5, 0.6) is 0 Å². The number of hydrogen-bond acceptors (Lipinski definition) is 7. The first kappa shape index (κ1) is 46.8. The SMILES string of the molecule is CCCCC/C=C\CCCCCCCCCCC(=O)OC(COC(=O)CCCCCCCCCCCCCCC)COP(=O)(O)OCC. The molecule has 8 nitrogen and oxygen atoms in total. The Morgan fingerprint density at radius 3 is 1.42 bits per heavy atom. The maximum Gasteiger partial charge on any atom is 0.472 e. The van der Waals surface area contributed by atoms with Gasteiger partial charge in [-0.3, -0.25) is 18.6 Å². The molecule has 0 fully saturated rings. The summed E-state index contributed by atoms with van der Waals surface area (Å²) in [5, 5.41) is 0. The molecule has 0 aliphatic carbocycles. The van der Waals surface area contributed by atoms with Crippen molar-refractivity contribution in [1.29, 1.82) is 0 Å². The number of hydrogen-bond donors (Lipinski definition) is 1. The molecular formula is C39H75O8P. The summed E-state index contributed by atoms with van der Waals surface area (Å²) in [7, 11) is -4.27. The van der Waals surface area contributed by atoms with Crippen molar-refractivity contribution in [3.63, 3.8) is 0 Å². The van der Waals surface area contributed by atoms with Gasteiger partial charge in [0.2, 0.25) is 0 Å². The number of ether oxygens (including phenoxy) is 2. The molecule has 9 heteroatoms. The first-order chi connectivity index (χ1) is 23.3. The van der Waals surface area contributed by atoms with Gasteiger partial charge in [0.15, 0.2) is 6.10 Å². The molecule has 0 heterocycles. The molecule has 0 spiro atoms. The van der Waals surface area contributed by atoms with Crippen LogP contribution in [0.2, 0.25) is 0 Å². The predicted octanol–water partition coefficient (Wildman–Crippen LogP) is 12.1. The maximum atomic E-state index is 12.5. The number of carbonyl (C=O) groups is 2. The van der Waals surface area contributed by atoms with Gasteiger partial charge in [-0.2, -0.15) is 0 Å². The first-order valence-electron chi connectivity index (χ1n) is 20.0. The largest absolute Gasteiger partial charge is 0.472 e. The smallest absolute Gasteiger partial charge is 0.462 e. The third-order valence-corrected chi connectivity index (χ3v) is 9.63. The molecule has 2 atom stereocenters. The van der Waals surface area contributed by atoms with Gasteiger partial charge in [0.05, 0.1) is 13.2 Å². The molecule has 0 radical (unpaired) electrons. The van der Waals surface area contributed by atoms with Crippen LogP contribution < -0.4 is 0 Å². The van der Waals surface area contributed by atoms with Crippen molar-refractivity contribution < 1.29 is 37.6 Å². The van der Waals surface area contributed by atoms with E-state index in [1.807, 2.05) is 0 Å². The molecule has 0 aromatic carbocycles. The highest BCUT2D eigenvalue weighted by molar-refractivity contribution is 7.47. The average molecular weight is 703 g/mol. The second-order valence-corrected chi connectivity index (χ2v) is 14.8. The number of carbonyl (C=O) groups excluding carboxylic acids is 2. The van der Waals surface area contributed by atoms with E-state index in [9.17, 15) is 19.0 Å². The highest BCUT2D eigenvalue weighted by Crippen LogP contribution is 2.43. The van der Waals surface area contributed by atoms with Crippen LogP contribution in [0, 0.1) is 0 Å². The molecule has 2 unspecified atom stereocenters. The van der Waals surface area contributed by atoms with Gasteiger partial charge in [-0.1, -0.05) is 154 Å². The number of rotatable bonds is 37. The minimum absolute atomic E-state index is 0.00286. The quantitative estimate of drug-likeness (QED) is 0.0295. The highest BCUT2D eigenvalue weighted by Gasteiger charge is 2.25. The lowest BCUT2D eigenvalue weighted by atomic mass is 10.0. The van der Waals surface area contributed by atoms with Crippen molar-refractivity contribution in [2.75, 3.05) is 19.8 Å². The van der Waals surface area contributed by atoms with Gasteiger partial charge in [0, 0.05) is 12.8 Å². The van der Waals surface area contributed by atoms with E-state index in [4.69, 9.17) is 18.5 Å². The van der Waals surface area contributed by atoms with Crippen LogP contribution >= 0.6 is 7.82 Å². The van der Waals surface area contributed by atoms with Crippen molar-refractivity contribution in [3.8, 4) is 0 Å². The fourth-order valence-corrected chi connectivity index (χ4v) is 6.38. The summed E-state index contributed by atoms with van der Waals surface area (Å²) >= 11 is 0. The monoisotopic (exact) mass is 703 g/mol. The summed E-state index contributed by atoms with van der Waals surface area (Å²) < 4.78 is 32.6. The Morgan fingerprint density at radius 1 is 0.542 bits per heavy atom. The fraction of sp³-hybridized carbons (Fsp3) is 0.897. The van der Waals surface area contributed by atoms with E-state index in [2.05, 4.69) is 26.0 Å². The number of allylic oxidation sites excluding steroid dienone is 2. The van der Waals surface area contributed by atoms with Gasteiger partial charge < -0.3 is 14.4 Å². The summed E-state index contributed by atoms with van der Waals surface area (Å²) in [5.74, 6) is -0.793. The Balaban J connectivity index is 4.11. The van der Waals surface area contributed by atoms with Crippen LogP contribution in [0.3, 0.4) is 0 Å². The topological polar surface area (TPSA) is 108 Å². The van der Waals surface area contributed by atoms with Gasteiger partial charge >= 0.3 is 19.8 Å². The number of phosphoric ester groups is 1. The van der Waals surface area contributed by atoms with Crippen LogP contribution in [0.1, 0.15) is 201 Å². The van der Waals surface area contributed by atoms with Crippen LogP contribution in [-0.2, 0) is 32.7 Å². The van der Waals surface area contributed by atoms with Crippen LogP contribution in [-0.4, -0.2) is 42.8 Å². The summed E-state index contributed by atoms with van der Waals surface area (Å²) in [6.45, 7) is 5.46. The fourth-order valence-electron chi connectivity index (χ4n) is 5.62. The van der Waals surface area contributed by atoms with Gasteiger partial charge in [-0.25, -0.2) is 4.57 Å². The summed E-state index contributed by atoms with van der Waals surface area (Å²) in [4.78, 5) is 34.6. The molecule has 0 aromatic heterocycles. The molecule has 48 heavy (non-hydrogen) atoms. The lowest BCUT2D eigenvalue weighted by Crippen LogP contribution is -2.29.